The van der Waals surface area contributed by atoms with Crippen molar-refractivity contribution in [3.8, 4) is 11.5 Å². The first-order valence-corrected chi connectivity index (χ1v) is 8.81. The number of aromatic nitrogens is 1. The number of ether oxygens (including phenoxy) is 3. The normalized spacial score (nSPS) is 10.6. The lowest BCUT2D eigenvalue weighted by molar-refractivity contribution is 0.0528. The smallest absolute Gasteiger partial charge is 0.340 e. The van der Waals surface area contributed by atoms with Gasteiger partial charge in [-0.2, -0.15) is 0 Å². The molecule has 0 spiro atoms. The van der Waals surface area contributed by atoms with Crippen molar-refractivity contribution in [1.82, 2.24) is 4.98 Å². The fourth-order valence-corrected chi connectivity index (χ4v) is 3.08. The van der Waals surface area contributed by atoms with Crippen molar-refractivity contribution in [1.29, 1.82) is 0 Å². The number of rotatable bonds is 7. The monoisotopic (exact) mass is 382 g/mol. The van der Waals surface area contributed by atoms with E-state index in [1.807, 2.05) is 24.3 Å². The number of methoxy groups -OCH3 is 2. The van der Waals surface area contributed by atoms with Crippen molar-refractivity contribution in [2.24, 2.45) is 0 Å². The molecule has 0 aliphatic heterocycles. The molecule has 0 aliphatic carbocycles. The number of carbonyl (C=O) groups is 1. The van der Waals surface area contributed by atoms with E-state index in [-0.39, 0.29) is 6.61 Å². The summed E-state index contributed by atoms with van der Waals surface area (Å²) in [5.74, 6) is 0.624. The molecule has 1 heterocycles. The van der Waals surface area contributed by atoms with Crippen LogP contribution in [0.5, 0.6) is 11.5 Å². The molecule has 0 unspecified atom stereocenters. The molecule has 0 amide bonds. The zero-order valence-corrected chi connectivity index (χ0v) is 16.0. The first-order valence-electron chi connectivity index (χ1n) is 8.81. The standard InChI is InChI=1S/C21H22N2O5/c1-4-28-21(24)17-12-22-18(9-13-6-5-7-14(8-13)23-25)16-11-20(27-3)19(26-2)10-15(16)17/h5-8,10-12,23,25H,4,9H2,1-3H3. The molecule has 0 atom stereocenters. The Morgan fingerprint density at radius 1 is 1.11 bits per heavy atom. The summed E-state index contributed by atoms with van der Waals surface area (Å²) in [6, 6.07) is 10.9. The minimum Gasteiger partial charge on any atom is -0.493 e. The maximum atomic E-state index is 12.4. The van der Waals surface area contributed by atoms with Crippen molar-refractivity contribution in [2.45, 2.75) is 13.3 Å². The maximum Gasteiger partial charge on any atom is 0.340 e. The molecule has 7 heteroatoms. The largest absolute Gasteiger partial charge is 0.493 e. The van der Waals surface area contributed by atoms with Crippen LogP contribution in [-0.2, 0) is 11.2 Å². The Balaban J connectivity index is 2.17. The molecular weight excluding hydrogens is 360 g/mol. The zero-order valence-electron chi connectivity index (χ0n) is 16.0. The molecular formula is C21H22N2O5. The van der Waals surface area contributed by atoms with Gasteiger partial charge in [-0.15, -0.1) is 0 Å². The molecule has 2 aromatic carbocycles. The Hall–Kier alpha value is -3.32. The van der Waals surface area contributed by atoms with E-state index < -0.39 is 5.97 Å². The van der Waals surface area contributed by atoms with Crippen LogP contribution in [0.1, 0.15) is 28.5 Å². The van der Waals surface area contributed by atoms with Gasteiger partial charge in [0.05, 0.1) is 37.8 Å². The lowest BCUT2D eigenvalue weighted by Crippen LogP contribution is -2.08. The number of hydrogen-bond donors (Lipinski definition) is 2. The van der Waals surface area contributed by atoms with Gasteiger partial charge in [-0.3, -0.25) is 15.7 Å². The van der Waals surface area contributed by atoms with Gasteiger partial charge < -0.3 is 14.2 Å². The van der Waals surface area contributed by atoms with Crippen molar-refractivity contribution in [3.05, 3.63) is 59.4 Å². The SMILES string of the molecule is CCOC(=O)c1cnc(Cc2cccc(NO)c2)c2cc(OC)c(OC)cc12. The van der Waals surface area contributed by atoms with Crippen LogP contribution < -0.4 is 15.0 Å². The predicted molar refractivity (Wildman–Crippen MR) is 105 cm³/mol. The molecule has 0 bridgehead atoms. The third-order valence-corrected chi connectivity index (χ3v) is 4.40. The minimum absolute atomic E-state index is 0.274. The number of fused-ring (bicyclic) bond motifs is 1. The maximum absolute atomic E-state index is 12.4. The number of carbonyl (C=O) groups excluding carboxylic acids is 1. The van der Waals surface area contributed by atoms with Gasteiger partial charge in [-0.25, -0.2) is 4.79 Å². The second kappa shape index (κ2) is 8.58. The van der Waals surface area contributed by atoms with E-state index in [4.69, 9.17) is 19.4 Å². The van der Waals surface area contributed by atoms with Gasteiger partial charge in [-0.1, -0.05) is 12.1 Å². The van der Waals surface area contributed by atoms with E-state index in [2.05, 4.69) is 10.5 Å². The quantitative estimate of drug-likeness (QED) is 0.474. The van der Waals surface area contributed by atoms with E-state index in [9.17, 15) is 4.79 Å². The molecule has 3 aromatic rings. The second-order valence-corrected chi connectivity index (χ2v) is 6.08. The fraction of sp³-hybridized carbons (Fsp3) is 0.238. The topological polar surface area (TPSA) is 89.9 Å². The first kappa shape index (κ1) is 19.4. The summed E-state index contributed by atoms with van der Waals surface area (Å²) in [6.07, 6.45) is 2.03. The molecule has 7 nitrogen and oxygen atoms in total. The molecule has 0 radical (unpaired) electrons. The van der Waals surface area contributed by atoms with Crippen LogP contribution in [0.15, 0.2) is 42.6 Å². The average Bonchev–Trinajstić information content (AvgIpc) is 2.73. The van der Waals surface area contributed by atoms with Gasteiger partial charge in [0, 0.05) is 23.4 Å². The number of anilines is 1. The van der Waals surface area contributed by atoms with Gasteiger partial charge in [0.15, 0.2) is 11.5 Å². The summed E-state index contributed by atoms with van der Waals surface area (Å²) in [6.45, 7) is 2.03. The number of hydrogen-bond acceptors (Lipinski definition) is 7. The molecule has 3 rings (SSSR count). The van der Waals surface area contributed by atoms with Gasteiger partial charge in [-0.05, 0) is 36.8 Å². The lowest BCUT2D eigenvalue weighted by atomic mass is 9.99. The van der Waals surface area contributed by atoms with Gasteiger partial charge >= 0.3 is 5.97 Å². The molecule has 0 saturated heterocycles. The predicted octanol–water partition coefficient (Wildman–Crippen LogP) is 3.82. The molecule has 0 saturated carbocycles. The molecule has 146 valence electrons. The van der Waals surface area contributed by atoms with Crippen LogP contribution in [0.3, 0.4) is 0 Å². The number of esters is 1. The molecule has 28 heavy (non-hydrogen) atoms. The summed E-state index contributed by atoms with van der Waals surface area (Å²) in [4.78, 5) is 16.9. The number of nitrogens with one attached hydrogen (secondary N) is 1. The number of pyridine rings is 1. The molecule has 0 aliphatic rings. The Kier molecular flexibility index (Phi) is 5.96. The van der Waals surface area contributed by atoms with Crippen molar-refractivity contribution < 1.29 is 24.2 Å². The van der Waals surface area contributed by atoms with E-state index in [0.29, 0.717) is 34.6 Å². The van der Waals surface area contributed by atoms with Gasteiger partial charge in [0.2, 0.25) is 0 Å². The third kappa shape index (κ3) is 3.84. The van der Waals surface area contributed by atoms with Crippen LogP contribution in [0, 0.1) is 0 Å². The summed E-state index contributed by atoms with van der Waals surface area (Å²) in [5, 5.41) is 10.6. The summed E-state index contributed by atoms with van der Waals surface area (Å²) < 4.78 is 16.0. The Labute approximate surface area is 162 Å². The zero-order chi connectivity index (χ0) is 20.1. The highest BCUT2D eigenvalue weighted by Gasteiger charge is 2.18. The van der Waals surface area contributed by atoms with Crippen LogP contribution in [0.4, 0.5) is 5.69 Å². The van der Waals surface area contributed by atoms with Gasteiger partial charge in [0.1, 0.15) is 0 Å². The second-order valence-electron chi connectivity index (χ2n) is 6.08. The van der Waals surface area contributed by atoms with Crippen molar-refractivity contribution in [3.63, 3.8) is 0 Å². The summed E-state index contributed by atoms with van der Waals surface area (Å²) in [5.41, 5.74) is 4.81. The van der Waals surface area contributed by atoms with Gasteiger partial charge in [0.25, 0.3) is 0 Å². The number of benzene rings is 2. The van der Waals surface area contributed by atoms with Crippen LogP contribution in [0.25, 0.3) is 10.8 Å². The highest BCUT2D eigenvalue weighted by Crippen LogP contribution is 2.35. The number of nitrogens with zero attached hydrogens (tertiary/aromatic N) is 1. The molecule has 0 fully saturated rings. The Morgan fingerprint density at radius 2 is 1.82 bits per heavy atom. The third-order valence-electron chi connectivity index (χ3n) is 4.40. The van der Waals surface area contributed by atoms with E-state index in [1.54, 1.807) is 33.3 Å². The van der Waals surface area contributed by atoms with E-state index in [0.717, 1.165) is 16.6 Å². The van der Waals surface area contributed by atoms with Crippen LogP contribution in [0.2, 0.25) is 0 Å². The molecule has 2 N–H and O–H groups in total. The highest BCUT2D eigenvalue weighted by molar-refractivity contribution is 6.05. The fourth-order valence-electron chi connectivity index (χ4n) is 3.08. The van der Waals surface area contributed by atoms with E-state index >= 15 is 0 Å². The van der Waals surface area contributed by atoms with Crippen LogP contribution in [-0.4, -0.2) is 37.0 Å². The highest BCUT2D eigenvalue weighted by atomic mass is 16.5. The summed E-state index contributed by atoms with van der Waals surface area (Å²) >= 11 is 0. The lowest BCUT2D eigenvalue weighted by Gasteiger charge is -2.14. The van der Waals surface area contributed by atoms with Crippen molar-refractivity contribution in [2.75, 3.05) is 26.3 Å². The van der Waals surface area contributed by atoms with E-state index in [1.165, 1.54) is 6.20 Å². The average molecular weight is 382 g/mol. The Bertz CT molecular complexity index is 1000. The van der Waals surface area contributed by atoms with Crippen molar-refractivity contribution >= 4 is 22.4 Å². The minimum atomic E-state index is -0.440. The van der Waals surface area contributed by atoms with Crippen LogP contribution >= 0.6 is 0 Å². The summed E-state index contributed by atoms with van der Waals surface area (Å²) in [7, 11) is 3.10. The first-order chi connectivity index (χ1) is 13.6. The molecule has 1 aromatic heterocycles. The Morgan fingerprint density at radius 3 is 2.46 bits per heavy atom.